The van der Waals surface area contributed by atoms with Crippen LogP contribution in [0.3, 0.4) is 0 Å². The number of aryl methyl sites for hydroxylation is 1. The summed E-state index contributed by atoms with van der Waals surface area (Å²) in [6.45, 7) is 3.10. The molecule has 0 unspecified atom stereocenters. The van der Waals surface area contributed by atoms with Gasteiger partial charge in [-0.1, -0.05) is 60.7 Å². The molecule has 0 aliphatic carbocycles. The van der Waals surface area contributed by atoms with Gasteiger partial charge in [-0.15, -0.1) is 0 Å². The fraction of sp³-hybridized carbons (Fsp3) is 0.111. The molecule has 2 aromatic carbocycles. The predicted molar refractivity (Wildman–Crippen MR) is 80.1 cm³/mol. The molecule has 0 aliphatic heterocycles. The van der Waals surface area contributed by atoms with Gasteiger partial charge in [0.1, 0.15) is 0 Å². The van der Waals surface area contributed by atoms with Crippen LogP contribution in [0.1, 0.15) is 11.1 Å². The lowest BCUT2D eigenvalue weighted by Gasteiger charge is -2.02. The first-order valence-corrected chi connectivity index (χ1v) is 6.58. The molecule has 3 aromatic rings. The average molecular weight is 247 g/mol. The second-order valence-electron chi connectivity index (χ2n) is 4.88. The van der Waals surface area contributed by atoms with Gasteiger partial charge in [-0.2, -0.15) is 0 Å². The highest BCUT2D eigenvalue weighted by Gasteiger charge is 2.05. The summed E-state index contributed by atoms with van der Waals surface area (Å²) in [5.74, 6) is 0. The minimum Gasteiger partial charge on any atom is -0.349 e. The summed E-state index contributed by atoms with van der Waals surface area (Å²) in [6.07, 6.45) is 4.45. The summed E-state index contributed by atoms with van der Waals surface area (Å²) in [5, 5.41) is 0. The van der Waals surface area contributed by atoms with E-state index in [9.17, 15) is 0 Å². The monoisotopic (exact) mass is 247 g/mol. The Bertz CT molecular complexity index is 651. The van der Waals surface area contributed by atoms with Crippen LogP contribution in [0, 0.1) is 6.92 Å². The van der Waals surface area contributed by atoms with Crippen LogP contribution in [-0.2, 0) is 6.54 Å². The maximum Gasteiger partial charge on any atom is 0.0470 e. The molecule has 19 heavy (non-hydrogen) atoms. The molecule has 0 radical (unpaired) electrons. The number of hydrogen-bond acceptors (Lipinski definition) is 0. The van der Waals surface area contributed by atoms with Gasteiger partial charge in [-0.25, -0.2) is 0 Å². The first-order valence-electron chi connectivity index (χ1n) is 6.58. The highest BCUT2D eigenvalue weighted by molar-refractivity contribution is 5.66. The fourth-order valence-corrected chi connectivity index (χ4v) is 2.43. The lowest BCUT2D eigenvalue weighted by atomic mass is 10.1. The topological polar surface area (TPSA) is 4.93 Å². The molecule has 0 amide bonds. The maximum absolute atomic E-state index is 2.26. The molecular formula is C18H17N. The molecule has 0 bridgehead atoms. The predicted octanol–water partition coefficient (Wildman–Crippen LogP) is 4.51. The first kappa shape index (κ1) is 11.8. The summed E-state index contributed by atoms with van der Waals surface area (Å²) in [7, 11) is 0. The van der Waals surface area contributed by atoms with E-state index in [1.54, 1.807) is 0 Å². The van der Waals surface area contributed by atoms with Crippen molar-refractivity contribution in [1.29, 1.82) is 0 Å². The molecule has 0 N–H and O–H groups in total. The summed E-state index contributed by atoms with van der Waals surface area (Å²) in [5.41, 5.74) is 5.25. The third kappa shape index (κ3) is 2.60. The second-order valence-corrected chi connectivity index (χ2v) is 4.88. The van der Waals surface area contributed by atoms with E-state index in [1.165, 1.54) is 22.3 Å². The van der Waals surface area contributed by atoms with Gasteiger partial charge in [0.15, 0.2) is 0 Å². The van der Waals surface area contributed by atoms with Crippen molar-refractivity contribution in [3.05, 3.63) is 84.2 Å². The number of rotatable bonds is 3. The summed E-state index contributed by atoms with van der Waals surface area (Å²) in [6, 6.07) is 21.1. The van der Waals surface area contributed by atoms with Crippen molar-refractivity contribution < 1.29 is 0 Å². The largest absolute Gasteiger partial charge is 0.349 e. The maximum atomic E-state index is 2.26. The van der Waals surface area contributed by atoms with E-state index >= 15 is 0 Å². The Hall–Kier alpha value is -2.28. The van der Waals surface area contributed by atoms with Gasteiger partial charge in [-0.05, 0) is 23.6 Å². The van der Waals surface area contributed by atoms with Crippen LogP contribution < -0.4 is 0 Å². The van der Waals surface area contributed by atoms with Gasteiger partial charge in [-0.3, -0.25) is 0 Å². The molecule has 3 rings (SSSR count). The zero-order valence-corrected chi connectivity index (χ0v) is 11.1. The zero-order valence-electron chi connectivity index (χ0n) is 11.1. The standard InChI is InChI=1S/C18H17N/c1-15-12-19(13-16-8-4-2-5-9-16)14-18(15)17-10-6-3-7-11-17/h2-12,14H,13H2,1H3. The van der Waals surface area contributed by atoms with Gasteiger partial charge >= 0.3 is 0 Å². The van der Waals surface area contributed by atoms with Crippen LogP contribution >= 0.6 is 0 Å². The van der Waals surface area contributed by atoms with Crippen LogP contribution in [0.15, 0.2) is 73.1 Å². The first-order chi connectivity index (χ1) is 9.33. The molecule has 0 spiro atoms. The number of aromatic nitrogens is 1. The average Bonchev–Trinajstić information content (AvgIpc) is 2.82. The van der Waals surface area contributed by atoms with E-state index in [4.69, 9.17) is 0 Å². The molecule has 0 saturated carbocycles. The highest BCUT2D eigenvalue weighted by Crippen LogP contribution is 2.24. The fourth-order valence-electron chi connectivity index (χ4n) is 2.43. The lowest BCUT2D eigenvalue weighted by Crippen LogP contribution is -1.95. The van der Waals surface area contributed by atoms with E-state index in [2.05, 4.69) is 84.5 Å². The van der Waals surface area contributed by atoms with Crippen LogP contribution in [0.4, 0.5) is 0 Å². The quantitative estimate of drug-likeness (QED) is 0.641. The Morgan fingerprint density at radius 3 is 2.11 bits per heavy atom. The van der Waals surface area contributed by atoms with Gasteiger partial charge in [0.25, 0.3) is 0 Å². The minimum atomic E-state index is 0.925. The van der Waals surface area contributed by atoms with Crippen molar-refractivity contribution in [1.82, 2.24) is 4.57 Å². The Labute approximate surface area is 114 Å². The normalized spacial score (nSPS) is 10.6. The van der Waals surface area contributed by atoms with Crippen LogP contribution in [-0.4, -0.2) is 4.57 Å². The molecular weight excluding hydrogens is 230 g/mol. The van der Waals surface area contributed by atoms with E-state index < -0.39 is 0 Å². The van der Waals surface area contributed by atoms with Gasteiger partial charge in [0.05, 0.1) is 0 Å². The highest BCUT2D eigenvalue weighted by atomic mass is 14.9. The van der Waals surface area contributed by atoms with Crippen LogP contribution in [0.5, 0.6) is 0 Å². The second kappa shape index (κ2) is 5.15. The number of benzene rings is 2. The summed E-state index contributed by atoms with van der Waals surface area (Å²) < 4.78 is 2.26. The third-order valence-electron chi connectivity index (χ3n) is 3.37. The molecule has 1 nitrogen and oxygen atoms in total. The Balaban J connectivity index is 1.90. The van der Waals surface area contributed by atoms with E-state index in [0.29, 0.717) is 0 Å². The number of nitrogens with zero attached hydrogens (tertiary/aromatic N) is 1. The summed E-state index contributed by atoms with van der Waals surface area (Å²) >= 11 is 0. The minimum absolute atomic E-state index is 0.925. The lowest BCUT2D eigenvalue weighted by molar-refractivity contribution is 0.805. The van der Waals surface area contributed by atoms with Crippen molar-refractivity contribution in [2.75, 3.05) is 0 Å². The zero-order chi connectivity index (χ0) is 13.1. The van der Waals surface area contributed by atoms with Crippen molar-refractivity contribution in [3.8, 4) is 11.1 Å². The molecule has 0 saturated heterocycles. The van der Waals surface area contributed by atoms with Crippen molar-refractivity contribution in [3.63, 3.8) is 0 Å². The Kier molecular flexibility index (Phi) is 3.20. The van der Waals surface area contributed by atoms with Gasteiger partial charge in [0.2, 0.25) is 0 Å². The molecule has 1 aromatic heterocycles. The molecule has 94 valence electrons. The molecule has 0 atom stereocenters. The molecule has 0 fully saturated rings. The number of hydrogen-bond donors (Lipinski definition) is 0. The van der Waals surface area contributed by atoms with E-state index in [0.717, 1.165) is 6.54 Å². The van der Waals surface area contributed by atoms with Crippen molar-refractivity contribution in [2.45, 2.75) is 13.5 Å². The summed E-state index contributed by atoms with van der Waals surface area (Å²) in [4.78, 5) is 0. The Morgan fingerprint density at radius 2 is 1.42 bits per heavy atom. The smallest absolute Gasteiger partial charge is 0.0470 e. The Morgan fingerprint density at radius 1 is 0.789 bits per heavy atom. The van der Waals surface area contributed by atoms with E-state index in [-0.39, 0.29) is 0 Å². The van der Waals surface area contributed by atoms with Crippen molar-refractivity contribution >= 4 is 0 Å². The van der Waals surface area contributed by atoms with Gasteiger partial charge < -0.3 is 4.57 Å². The van der Waals surface area contributed by atoms with Crippen LogP contribution in [0.2, 0.25) is 0 Å². The van der Waals surface area contributed by atoms with E-state index in [1.807, 2.05) is 0 Å². The molecule has 0 aliphatic rings. The van der Waals surface area contributed by atoms with Crippen molar-refractivity contribution in [2.24, 2.45) is 0 Å². The SMILES string of the molecule is Cc1cn(Cc2ccccc2)cc1-c1ccccc1. The van der Waals surface area contributed by atoms with Crippen LogP contribution in [0.25, 0.3) is 11.1 Å². The molecule has 1 heterocycles. The third-order valence-corrected chi connectivity index (χ3v) is 3.37. The van der Waals surface area contributed by atoms with Gasteiger partial charge in [0, 0.05) is 24.5 Å². The molecule has 1 heteroatoms.